The summed E-state index contributed by atoms with van der Waals surface area (Å²) in [5.41, 5.74) is -0.425. The Morgan fingerprint density at radius 2 is 0.785 bits per heavy atom. The minimum atomic E-state index is -1.03. The molecule has 16 aromatic rings. The van der Waals surface area contributed by atoms with Gasteiger partial charge in [-0.2, -0.15) is 0 Å². The van der Waals surface area contributed by atoms with Crippen LogP contribution in [0, 0.1) is 0 Å². The number of rotatable bonds is 7. The van der Waals surface area contributed by atoms with Crippen LogP contribution in [-0.2, 0) is 12.8 Å². The molecule has 0 saturated heterocycles. The second kappa shape index (κ2) is 19.5. The normalized spacial score (nSPS) is 17.7. The molecule has 1 nitrogen and oxygen atoms in total. The van der Waals surface area contributed by atoms with Gasteiger partial charge in [0.15, 0.2) is 0 Å². The fourth-order valence-electron chi connectivity index (χ4n) is 10.4. The van der Waals surface area contributed by atoms with E-state index >= 15 is 0 Å². The third-order valence-electron chi connectivity index (χ3n) is 13.9. The Morgan fingerprint density at radius 1 is 0.291 bits per heavy atom. The van der Waals surface area contributed by atoms with Crippen molar-refractivity contribution in [3.63, 3.8) is 0 Å². The van der Waals surface area contributed by atoms with Gasteiger partial charge in [0.1, 0.15) is 11.2 Å². The lowest BCUT2D eigenvalue weighted by atomic mass is 9.85. The number of benzene rings is 15. The first-order chi connectivity index (χ1) is 53.3. The van der Waals surface area contributed by atoms with Crippen LogP contribution in [0.2, 0.25) is 0 Å². The van der Waals surface area contributed by atoms with Crippen LogP contribution in [0.5, 0.6) is 0 Å². The second-order valence-electron chi connectivity index (χ2n) is 18.4. The zero-order valence-corrected chi connectivity index (χ0v) is 40.9. The highest BCUT2D eigenvalue weighted by Crippen LogP contribution is 2.44. The number of furan rings is 1. The number of hydrogen-bond acceptors (Lipinski definition) is 1. The van der Waals surface area contributed by atoms with Crippen molar-refractivity contribution in [3.8, 4) is 33.4 Å². The van der Waals surface area contributed by atoms with E-state index < -0.39 is 264 Å². The lowest BCUT2D eigenvalue weighted by Gasteiger charge is -2.18. The summed E-state index contributed by atoms with van der Waals surface area (Å²) in [5, 5.41) is 0.255. The molecule has 0 radical (unpaired) electrons. The van der Waals surface area contributed by atoms with Crippen molar-refractivity contribution in [2.45, 2.75) is 12.8 Å². The molecule has 16 rings (SSSR count). The van der Waals surface area contributed by atoms with E-state index in [1.807, 2.05) is 54.6 Å². The summed E-state index contributed by atoms with van der Waals surface area (Å²) < 4.78 is 307. The lowest BCUT2D eigenvalue weighted by molar-refractivity contribution is 0.669. The molecule has 1 heterocycles. The maximum absolute atomic E-state index is 9.68. The van der Waals surface area contributed by atoms with Gasteiger partial charge in [-0.05, 0) is 174 Å². The molecule has 0 spiro atoms. The van der Waals surface area contributed by atoms with Gasteiger partial charge >= 0.3 is 0 Å². The second-order valence-corrected chi connectivity index (χ2v) is 18.4. The molecule has 0 aliphatic heterocycles. The summed E-state index contributed by atoms with van der Waals surface area (Å²) in [6.07, 6.45) is -0.716. The van der Waals surface area contributed by atoms with Gasteiger partial charge < -0.3 is 4.42 Å². The van der Waals surface area contributed by atoms with Gasteiger partial charge in [-0.3, -0.25) is 0 Å². The van der Waals surface area contributed by atoms with Crippen LogP contribution in [-0.4, -0.2) is 0 Å². The molecule has 0 atom stereocenters. The molecule has 0 aliphatic rings. The molecule has 0 aliphatic carbocycles. The van der Waals surface area contributed by atoms with E-state index in [1.165, 1.54) is 0 Å². The van der Waals surface area contributed by atoms with Gasteiger partial charge in [0.25, 0.3) is 0 Å². The van der Waals surface area contributed by atoms with Crippen molar-refractivity contribution in [2.75, 3.05) is 0 Å². The minimum absolute atomic E-state index is 0.130. The van der Waals surface area contributed by atoms with Crippen LogP contribution < -0.4 is 0 Å². The summed E-state index contributed by atoms with van der Waals surface area (Å²) in [7, 11) is 0. The van der Waals surface area contributed by atoms with Crippen LogP contribution in [0.4, 0.5) is 0 Å². The average Bonchev–Trinajstić information content (AvgIpc) is 1.63. The van der Waals surface area contributed by atoms with Crippen molar-refractivity contribution in [1.29, 1.82) is 0 Å². The Morgan fingerprint density at radius 3 is 1.42 bits per heavy atom. The zero-order chi connectivity index (χ0) is 81.8. The van der Waals surface area contributed by atoms with E-state index in [1.54, 1.807) is 24.3 Å². The minimum Gasteiger partial charge on any atom is -0.456 e. The Labute approximate surface area is 506 Å². The highest BCUT2D eigenvalue weighted by Gasteiger charge is 2.20. The lowest BCUT2D eigenvalue weighted by Crippen LogP contribution is -1.96. The van der Waals surface area contributed by atoms with Gasteiger partial charge in [-0.1, -0.05) is 260 Å². The summed E-state index contributed by atoms with van der Waals surface area (Å²) in [6.45, 7) is 0. The molecule has 370 valence electrons. The molecule has 0 amide bonds. The van der Waals surface area contributed by atoms with Crippen molar-refractivity contribution < 1.29 is 51.0 Å². The molecule has 0 N–H and O–H groups in total. The number of fused-ring (bicyclic) bond motifs is 10. The van der Waals surface area contributed by atoms with E-state index in [-0.39, 0.29) is 52.1 Å². The third kappa shape index (κ3) is 8.27. The van der Waals surface area contributed by atoms with Gasteiger partial charge in [0, 0.05) is 10.8 Å². The molecule has 0 saturated carbocycles. The van der Waals surface area contributed by atoms with Crippen LogP contribution in [0.15, 0.2) is 295 Å². The van der Waals surface area contributed by atoms with Gasteiger partial charge in [-0.15, -0.1) is 0 Å². The Bertz CT molecular complexity index is 6930. The zero-order valence-electron chi connectivity index (χ0n) is 74.9. The molecule has 15 aromatic carbocycles. The standard InChI is InChI=1S/C41H28.C37H24O/c1-3-12-31-24-28(20-21-29(31)10-1)25-40-36-16-5-7-18-38(36)41(39-19-8-6-17-37(39)40)35-15-9-14-33(27-35)34-23-22-30-11-2-4-13-32(30)26-34;1-2-11-24(12-3-1)36-30-18-8-6-16-28(30)32(29-17-7-9-19-31(29)36)22-27-15-10-20-34-37(27)33-21-25-13-4-5-14-26(25)23-35(33)38-34/h1-24,26-27H,25H2;1-21,23H,22H2/i1D,2D,3D,4D,5D,6D,7D,8D,9D,10D,11D,12D,13D,14D,15D,16D,17D,18D,19D,20D,21D,22D,23D,24D,26D,27D;6D,7D,8D,9D,16D,17D,18D,19D. The van der Waals surface area contributed by atoms with E-state index in [2.05, 4.69) is 6.07 Å². The van der Waals surface area contributed by atoms with Crippen LogP contribution >= 0.6 is 0 Å². The van der Waals surface area contributed by atoms with E-state index in [0.717, 1.165) is 27.1 Å². The van der Waals surface area contributed by atoms with Crippen molar-refractivity contribution >= 4 is 97.3 Å². The quantitative estimate of drug-likeness (QED) is 0.145. The van der Waals surface area contributed by atoms with Crippen molar-refractivity contribution in [2.24, 2.45) is 0 Å². The molecular formula is C78H52O. The topological polar surface area (TPSA) is 13.1 Å². The Kier molecular flexibility index (Phi) is 5.74. The summed E-state index contributed by atoms with van der Waals surface area (Å²) in [4.78, 5) is 0. The first-order valence-corrected chi connectivity index (χ1v) is 24.7. The van der Waals surface area contributed by atoms with Crippen LogP contribution in [0.3, 0.4) is 0 Å². The van der Waals surface area contributed by atoms with Gasteiger partial charge in [0.05, 0.1) is 46.6 Å². The van der Waals surface area contributed by atoms with E-state index in [4.69, 9.17) is 40.1 Å². The summed E-state index contributed by atoms with van der Waals surface area (Å²) in [5.74, 6) is 0. The molecular weight excluding hydrogens is 953 g/mol. The van der Waals surface area contributed by atoms with Crippen LogP contribution in [0.25, 0.3) is 131 Å². The van der Waals surface area contributed by atoms with E-state index in [9.17, 15) is 11.0 Å². The number of hydrogen-bond donors (Lipinski definition) is 0. The maximum atomic E-state index is 9.68. The summed E-state index contributed by atoms with van der Waals surface area (Å²) in [6, 6.07) is 1.71. The highest BCUT2D eigenvalue weighted by molar-refractivity contribution is 6.17. The largest absolute Gasteiger partial charge is 0.456 e. The fourth-order valence-corrected chi connectivity index (χ4v) is 10.4. The first-order valence-electron chi connectivity index (χ1n) is 41.7. The van der Waals surface area contributed by atoms with Crippen molar-refractivity contribution in [3.05, 3.63) is 313 Å². The third-order valence-corrected chi connectivity index (χ3v) is 13.9. The van der Waals surface area contributed by atoms with Gasteiger partial charge in [0.2, 0.25) is 0 Å². The summed E-state index contributed by atoms with van der Waals surface area (Å²) >= 11 is 0. The molecule has 0 bridgehead atoms. The van der Waals surface area contributed by atoms with E-state index in [0.29, 0.717) is 27.9 Å². The SMILES string of the molecule is [2H]c1c([2H])c(-c2c([2H])c([2H])c3c([2H])c([2H])c([2H])c([2H])c3c2[2H])c([2H])c(-c2c3c([2H])c([2H])c([2H])c([2H])c3c(Cc3c([2H])c([2H])c4c([2H])c([2H])c([2H])c([2H])c4c3[2H])c3c([2H])c([2H])c([2H])c([2H])c23)c1[2H].[2H]c1c([2H])c([2H])c2c(-c3ccccc3)c3c([2H])c([2H])c([2H])c([2H])c3c(Cc3cccc4oc5cc6ccccc6cc5c34)c2c1[2H]. The molecule has 79 heavy (non-hydrogen) atoms. The predicted molar refractivity (Wildman–Crippen MR) is 338 cm³/mol. The predicted octanol–water partition coefficient (Wildman–Crippen LogP) is 21.5. The molecule has 0 unspecified atom stereocenters. The van der Waals surface area contributed by atoms with Gasteiger partial charge in [-0.25, -0.2) is 0 Å². The molecule has 1 heteroatoms. The Hall–Kier alpha value is -10.1. The fraction of sp³-hybridized carbons (Fsp3) is 0.0256. The monoisotopic (exact) mass is 1040 g/mol. The molecule has 1 aromatic heterocycles. The van der Waals surface area contributed by atoms with Crippen LogP contribution in [0.1, 0.15) is 68.9 Å². The maximum Gasteiger partial charge on any atom is 0.136 e. The average molecular weight is 1040 g/mol. The smallest absolute Gasteiger partial charge is 0.136 e. The highest BCUT2D eigenvalue weighted by atomic mass is 16.3. The van der Waals surface area contributed by atoms with Crippen molar-refractivity contribution in [1.82, 2.24) is 0 Å². The first kappa shape index (κ1) is 23.3. The Balaban J connectivity index is 0.000000190. The molecule has 0 fully saturated rings.